The molecule has 326 valence electrons. The summed E-state index contributed by atoms with van der Waals surface area (Å²) >= 11 is 2.02. The minimum absolute atomic E-state index is 0.130. The number of rotatable bonds is 5. The lowest BCUT2D eigenvalue weighted by Gasteiger charge is -2.63. The highest BCUT2D eigenvalue weighted by molar-refractivity contribution is 7.99. The third-order valence-corrected chi connectivity index (χ3v) is 19.3. The Kier molecular flexibility index (Phi) is 9.11. The summed E-state index contributed by atoms with van der Waals surface area (Å²) in [5.74, 6) is 3.34. The van der Waals surface area contributed by atoms with Crippen LogP contribution in [0.15, 0.2) is 137 Å². The maximum Gasteiger partial charge on any atom is 0.0473 e. The summed E-state index contributed by atoms with van der Waals surface area (Å²) in [7, 11) is 0. The lowest BCUT2D eigenvalue weighted by Crippen LogP contribution is -2.57. The number of hydrogen-bond donors (Lipinski definition) is 0. The van der Waals surface area contributed by atoms with Gasteiger partial charge in [-0.1, -0.05) is 152 Å². The van der Waals surface area contributed by atoms with E-state index < -0.39 is 0 Å². The van der Waals surface area contributed by atoms with Gasteiger partial charge in [-0.25, -0.2) is 0 Å². The van der Waals surface area contributed by atoms with E-state index in [1.54, 1.807) is 11.1 Å². The molecular weight excluding hydrogens is 791 g/mol. The van der Waals surface area contributed by atoms with Gasteiger partial charge in [-0.05, 0) is 201 Å². The first-order valence-corrected chi connectivity index (χ1v) is 25.7. The summed E-state index contributed by atoms with van der Waals surface area (Å²) < 4.78 is 0. The van der Waals surface area contributed by atoms with Crippen molar-refractivity contribution in [3.63, 3.8) is 0 Å². The van der Waals surface area contributed by atoms with Gasteiger partial charge in [-0.15, -0.1) is 0 Å². The topological polar surface area (TPSA) is 3.24 Å². The molecule has 0 atom stereocenters. The van der Waals surface area contributed by atoms with Crippen LogP contribution in [0.2, 0.25) is 0 Å². The van der Waals surface area contributed by atoms with Gasteiger partial charge in [-0.3, -0.25) is 0 Å². The molecular formula is C62H67NS. The fourth-order valence-electron chi connectivity index (χ4n) is 15.0. The molecule has 0 aromatic heterocycles. The van der Waals surface area contributed by atoms with E-state index in [0.29, 0.717) is 0 Å². The van der Waals surface area contributed by atoms with Crippen LogP contribution in [0, 0.1) is 23.7 Å². The molecule has 2 heteroatoms. The molecule has 0 amide bonds. The Morgan fingerprint density at radius 3 is 1.36 bits per heavy atom. The van der Waals surface area contributed by atoms with Crippen LogP contribution in [0.5, 0.6) is 0 Å². The first-order chi connectivity index (χ1) is 30.6. The molecule has 6 aromatic rings. The summed E-state index contributed by atoms with van der Waals surface area (Å²) in [5.41, 5.74) is 19.1. The van der Waals surface area contributed by atoms with E-state index in [0.717, 1.165) is 23.7 Å². The predicted octanol–water partition coefficient (Wildman–Crippen LogP) is 17.4. The second-order valence-electron chi connectivity index (χ2n) is 23.9. The van der Waals surface area contributed by atoms with Crippen LogP contribution in [0.25, 0.3) is 22.3 Å². The van der Waals surface area contributed by atoms with Gasteiger partial charge in [0.1, 0.15) is 0 Å². The van der Waals surface area contributed by atoms with Gasteiger partial charge in [0.25, 0.3) is 0 Å². The number of anilines is 3. The van der Waals surface area contributed by atoms with E-state index in [-0.39, 0.29) is 27.1 Å². The predicted molar refractivity (Wildman–Crippen MR) is 271 cm³/mol. The fourth-order valence-corrected chi connectivity index (χ4v) is 16.3. The lowest BCUT2D eigenvalue weighted by molar-refractivity contribution is -0.0443. The Balaban J connectivity index is 0.991. The van der Waals surface area contributed by atoms with Crippen molar-refractivity contribution in [2.75, 3.05) is 4.90 Å². The van der Waals surface area contributed by atoms with Crippen LogP contribution in [0.1, 0.15) is 147 Å². The average molecular weight is 858 g/mol. The van der Waals surface area contributed by atoms with Crippen LogP contribution >= 0.6 is 11.8 Å². The maximum atomic E-state index is 2.59. The van der Waals surface area contributed by atoms with Crippen molar-refractivity contribution in [1.82, 2.24) is 0 Å². The molecule has 1 aliphatic heterocycles. The molecule has 7 aliphatic rings. The Morgan fingerprint density at radius 1 is 0.406 bits per heavy atom. The number of benzene rings is 6. The van der Waals surface area contributed by atoms with Crippen molar-refractivity contribution >= 4 is 28.8 Å². The van der Waals surface area contributed by atoms with Gasteiger partial charge in [0.2, 0.25) is 0 Å². The zero-order valence-corrected chi connectivity index (χ0v) is 40.5. The average Bonchev–Trinajstić information content (AvgIpc) is 3.28. The highest BCUT2D eigenvalue weighted by Crippen LogP contribution is 2.69. The molecule has 6 aromatic carbocycles. The molecule has 4 bridgehead atoms. The van der Waals surface area contributed by atoms with Crippen molar-refractivity contribution < 1.29 is 0 Å². The van der Waals surface area contributed by atoms with Crippen LogP contribution in [0.3, 0.4) is 0 Å². The van der Waals surface area contributed by atoms with Crippen LogP contribution in [-0.4, -0.2) is 0 Å². The summed E-state index contributed by atoms with van der Waals surface area (Å²) in [5, 5.41) is 0. The number of nitrogens with zero attached hydrogens (tertiary/aromatic N) is 1. The van der Waals surface area contributed by atoms with Crippen molar-refractivity contribution in [1.29, 1.82) is 0 Å². The molecule has 4 fully saturated rings. The summed E-state index contributed by atoms with van der Waals surface area (Å²) in [6.45, 7) is 19.6. The molecule has 0 N–H and O–H groups in total. The molecule has 0 saturated heterocycles. The lowest BCUT2D eigenvalue weighted by atomic mass is 9.42. The van der Waals surface area contributed by atoms with Crippen molar-refractivity contribution in [2.45, 2.75) is 150 Å². The molecule has 0 radical (unpaired) electrons. The van der Waals surface area contributed by atoms with Crippen LogP contribution in [-0.2, 0) is 27.1 Å². The van der Waals surface area contributed by atoms with Gasteiger partial charge in [0.15, 0.2) is 0 Å². The van der Waals surface area contributed by atoms with E-state index >= 15 is 0 Å². The minimum Gasteiger partial charge on any atom is -0.310 e. The minimum atomic E-state index is 0.130. The van der Waals surface area contributed by atoms with E-state index in [1.807, 2.05) is 11.8 Å². The van der Waals surface area contributed by atoms with Gasteiger partial charge < -0.3 is 4.90 Å². The Hall–Kier alpha value is -4.53. The van der Waals surface area contributed by atoms with Crippen molar-refractivity contribution in [3.05, 3.63) is 161 Å². The quantitative estimate of drug-likeness (QED) is 0.170. The molecule has 1 nitrogen and oxygen atoms in total. The fraction of sp³-hybridized carbons (Fsp3) is 0.419. The zero-order valence-electron chi connectivity index (χ0n) is 39.7. The first-order valence-electron chi connectivity index (χ1n) is 24.8. The van der Waals surface area contributed by atoms with Gasteiger partial charge >= 0.3 is 0 Å². The van der Waals surface area contributed by atoms with E-state index in [1.165, 1.54) is 129 Å². The highest BCUT2D eigenvalue weighted by Gasteiger charge is 2.60. The van der Waals surface area contributed by atoms with Gasteiger partial charge in [0, 0.05) is 32.3 Å². The monoisotopic (exact) mass is 857 g/mol. The van der Waals surface area contributed by atoms with Crippen molar-refractivity contribution in [3.8, 4) is 22.3 Å². The van der Waals surface area contributed by atoms with E-state index in [4.69, 9.17) is 0 Å². The zero-order chi connectivity index (χ0) is 44.0. The maximum absolute atomic E-state index is 2.59. The Labute approximate surface area is 388 Å². The Bertz CT molecular complexity index is 2670. The van der Waals surface area contributed by atoms with Gasteiger partial charge in [-0.2, -0.15) is 0 Å². The molecule has 6 aliphatic carbocycles. The number of fused-ring (bicyclic) bond motifs is 4. The molecule has 13 rings (SSSR count). The second-order valence-corrected chi connectivity index (χ2v) is 25.0. The van der Waals surface area contributed by atoms with Crippen LogP contribution < -0.4 is 4.90 Å². The van der Waals surface area contributed by atoms with Crippen LogP contribution in [0.4, 0.5) is 17.1 Å². The molecule has 1 heterocycles. The summed E-state index contributed by atoms with van der Waals surface area (Å²) in [6.07, 6.45) is 11.9. The normalized spacial score (nSPS) is 27.0. The molecule has 64 heavy (non-hydrogen) atoms. The highest BCUT2D eigenvalue weighted by atomic mass is 32.2. The Morgan fingerprint density at radius 2 is 0.844 bits per heavy atom. The third kappa shape index (κ3) is 6.09. The van der Waals surface area contributed by atoms with Crippen molar-refractivity contribution in [2.24, 2.45) is 23.7 Å². The summed E-state index contributed by atoms with van der Waals surface area (Å²) in [6, 6.07) is 50.5. The SMILES string of the molecule is CC1(C)CCC(C)(C)c2c(-c3ccc(N(c4ccc(-c5cccc6c5C(C)(C)CCC6(C)C)cc4)c4ccc5c(c4)Sc4ccccc4C54C5CC6CC(C5)CC4C6)cc3)cccc21. The molecule has 0 unspecified atom stereocenters. The number of hydrogen-bond acceptors (Lipinski definition) is 2. The van der Waals surface area contributed by atoms with E-state index in [2.05, 4.69) is 188 Å². The standard InChI is InChI=1S/C62H67NS/c1-58(2)29-31-60(5,6)56-48(13-11-16-52(56)58)41-19-23-45(24-20-41)63(46-25-21-42(22-26-46)49-14-12-17-53-57(49)61(7,8)32-30-59(53,3)4)47-27-28-51-55(38-47)64-54-18-10-9-15-50(54)62(51)43-34-39-33-40(36-43)37-44(62)35-39/h9-28,38-40,43-44H,29-37H2,1-8H3. The first kappa shape index (κ1) is 40.9. The second kappa shape index (κ2) is 14.2. The third-order valence-electron chi connectivity index (χ3n) is 18.2. The van der Waals surface area contributed by atoms with Gasteiger partial charge in [0.05, 0.1) is 0 Å². The molecule has 4 saturated carbocycles. The van der Waals surface area contributed by atoms with E-state index in [9.17, 15) is 0 Å². The smallest absolute Gasteiger partial charge is 0.0473 e. The molecule has 1 spiro atoms. The summed E-state index contributed by atoms with van der Waals surface area (Å²) in [4.78, 5) is 5.48. The largest absolute Gasteiger partial charge is 0.310 e.